The molecule has 6 heteroatoms. The summed E-state index contributed by atoms with van der Waals surface area (Å²) in [5.74, 6) is 0. The first-order valence-corrected chi connectivity index (χ1v) is 10.1. The van der Waals surface area contributed by atoms with Gasteiger partial charge in [-0.25, -0.2) is 0 Å². The fraction of sp³-hybridized carbons (Fsp3) is 0.619. The van der Waals surface area contributed by atoms with Crippen LogP contribution >= 0.6 is 0 Å². The first-order valence-electron chi connectivity index (χ1n) is 10.1. The average molecular weight is 389 g/mol. The van der Waals surface area contributed by atoms with Gasteiger partial charge in [-0.15, -0.1) is 0 Å². The van der Waals surface area contributed by atoms with Crippen molar-refractivity contribution in [3.8, 4) is 0 Å². The van der Waals surface area contributed by atoms with E-state index >= 15 is 0 Å². The highest BCUT2D eigenvalue weighted by Gasteiger charge is 2.27. The molecule has 0 radical (unpaired) electrons. The largest absolute Gasteiger partial charge is 0.673 e. The summed E-state index contributed by atoms with van der Waals surface area (Å²) in [6.07, 6.45) is 7.85. The molecule has 0 saturated carbocycles. The van der Waals surface area contributed by atoms with Crippen molar-refractivity contribution in [2.45, 2.75) is 59.3 Å². The van der Waals surface area contributed by atoms with Crippen molar-refractivity contribution < 1.29 is 21.7 Å². The van der Waals surface area contributed by atoms with Crippen molar-refractivity contribution in [1.29, 1.82) is 0 Å². The molecule has 0 atom stereocenters. The summed E-state index contributed by atoms with van der Waals surface area (Å²) >= 11 is 0. The Balaban J connectivity index is 0.00000119. The summed E-state index contributed by atoms with van der Waals surface area (Å²) in [7, 11) is -6.00. The molecule has 156 valence electrons. The first-order chi connectivity index (χ1) is 12.7. The maximum Gasteiger partial charge on any atom is 0.673 e. The molecule has 1 nitrogen and oxygen atoms in total. The SMILES string of the molecule is C=C(C[N+](CCCC)(CCCC)CCCC)c1ccccc1.F[B-](F)(F)F. The molecule has 0 unspecified atom stereocenters. The van der Waals surface area contributed by atoms with E-state index in [4.69, 9.17) is 0 Å². The van der Waals surface area contributed by atoms with E-state index < -0.39 is 7.25 Å². The van der Waals surface area contributed by atoms with Crippen molar-refractivity contribution in [1.82, 2.24) is 0 Å². The van der Waals surface area contributed by atoms with Crippen LogP contribution in [0.4, 0.5) is 17.3 Å². The number of unbranched alkanes of at least 4 members (excludes halogenated alkanes) is 3. The number of quaternary nitrogens is 1. The minimum absolute atomic E-state index is 1.12. The van der Waals surface area contributed by atoms with E-state index in [0.29, 0.717) is 0 Å². The Hall–Kier alpha value is -1.30. The van der Waals surface area contributed by atoms with E-state index in [1.54, 1.807) is 0 Å². The third kappa shape index (κ3) is 13.5. The molecule has 0 heterocycles. The quantitative estimate of drug-likeness (QED) is 0.201. The van der Waals surface area contributed by atoms with Gasteiger partial charge in [-0.1, -0.05) is 76.9 Å². The number of benzene rings is 1. The molecule has 1 aromatic carbocycles. The topological polar surface area (TPSA) is 0 Å². The van der Waals surface area contributed by atoms with E-state index in [-0.39, 0.29) is 0 Å². The summed E-state index contributed by atoms with van der Waals surface area (Å²) in [5, 5.41) is 0. The van der Waals surface area contributed by atoms with Crippen LogP contribution in [0.1, 0.15) is 64.9 Å². The number of nitrogens with zero attached hydrogens (tertiary/aromatic N) is 1. The predicted molar refractivity (Wildman–Crippen MR) is 110 cm³/mol. The highest BCUT2D eigenvalue weighted by Crippen LogP contribution is 2.22. The third-order valence-corrected chi connectivity index (χ3v) is 4.67. The summed E-state index contributed by atoms with van der Waals surface area (Å²) in [5.41, 5.74) is 2.62. The van der Waals surface area contributed by atoms with E-state index in [1.165, 1.54) is 73.8 Å². The Morgan fingerprint density at radius 1 is 0.815 bits per heavy atom. The molecule has 0 saturated heterocycles. The smallest absolute Gasteiger partial charge is 0.418 e. The highest BCUT2D eigenvalue weighted by atomic mass is 19.5. The Labute approximate surface area is 163 Å². The Morgan fingerprint density at radius 2 is 1.19 bits per heavy atom. The number of rotatable bonds is 12. The van der Waals surface area contributed by atoms with Crippen LogP contribution in [-0.4, -0.2) is 37.9 Å². The zero-order chi connectivity index (χ0) is 20.8. The number of hydrogen-bond acceptors (Lipinski definition) is 0. The van der Waals surface area contributed by atoms with Gasteiger partial charge >= 0.3 is 7.25 Å². The van der Waals surface area contributed by atoms with Gasteiger partial charge in [-0.2, -0.15) is 0 Å². The highest BCUT2D eigenvalue weighted by molar-refractivity contribution is 6.50. The molecule has 0 amide bonds. The molecule has 0 aliphatic carbocycles. The van der Waals surface area contributed by atoms with Gasteiger partial charge in [-0.05, 0) is 24.8 Å². The van der Waals surface area contributed by atoms with Crippen LogP contribution in [0.5, 0.6) is 0 Å². The summed E-state index contributed by atoms with van der Waals surface area (Å²) in [4.78, 5) is 0. The van der Waals surface area contributed by atoms with Gasteiger partial charge in [0.1, 0.15) is 6.54 Å². The van der Waals surface area contributed by atoms with Crippen molar-refractivity contribution in [2.24, 2.45) is 0 Å². The molecular weight excluding hydrogens is 353 g/mol. The fourth-order valence-electron chi connectivity index (χ4n) is 3.22. The Kier molecular flexibility index (Phi) is 13.1. The number of halogens is 4. The molecule has 0 aliphatic heterocycles. The normalized spacial score (nSPS) is 11.7. The second-order valence-electron chi connectivity index (χ2n) is 7.20. The van der Waals surface area contributed by atoms with Gasteiger partial charge in [0.25, 0.3) is 0 Å². The molecule has 0 aromatic heterocycles. The molecule has 27 heavy (non-hydrogen) atoms. The van der Waals surface area contributed by atoms with E-state index in [0.717, 1.165) is 6.54 Å². The molecular formula is C21H36BF4N. The van der Waals surface area contributed by atoms with Crippen LogP contribution in [0, 0.1) is 0 Å². The van der Waals surface area contributed by atoms with Crippen molar-refractivity contribution in [2.75, 3.05) is 26.2 Å². The van der Waals surface area contributed by atoms with Crippen LogP contribution in [-0.2, 0) is 0 Å². The van der Waals surface area contributed by atoms with Gasteiger partial charge in [0.2, 0.25) is 0 Å². The van der Waals surface area contributed by atoms with Crippen LogP contribution in [0.15, 0.2) is 36.9 Å². The maximum atomic E-state index is 9.75. The Bertz CT molecular complexity index is 475. The summed E-state index contributed by atoms with van der Waals surface area (Å²) < 4.78 is 40.2. The summed E-state index contributed by atoms with van der Waals surface area (Å²) in [6.45, 7) is 16.4. The zero-order valence-corrected chi connectivity index (χ0v) is 17.2. The average Bonchev–Trinajstić information content (AvgIpc) is 2.62. The van der Waals surface area contributed by atoms with E-state index in [1.807, 2.05) is 0 Å². The van der Waals surface area contributed by atoms with E-state index in [9.17, 15) is 17.3 Å². The van der Waals surface area contributed by atoms with Crippen molar-refractivity contribution in [3.05, 3.63) is 42.5 Å². The molecule has 0 bridgehead atoms. The minimum Gasteiger partial charge on any atom is -0.418 e. The molecule has 0 aliphatic rings. The second kappa shape index (κ2) is 13.8. The van der Waals surface area contributed by atoms with Gasteiger partial charge in [0.05, 0.1) is 19.6 Å². The van der Waals surface area contributed by atoms with E-state index in [2.05, 4.69) is 57.7 Å². The standard InChI is InChI=1S/C21H36N.BF4/c1-5-8-16-22(17-9-6-2,18-10-7-3)19-20(4)21-14-12-11-13-15-21;2-1(3,4)5/h11-15H,4-10,16-19H2,1-3H3;/q+1;-1. The zero-order valence-electron chi connectivity index (χ0n) is 17.2. The maximum absolute atomic E-state index is 9.75. The number of hydrogen-bond donors (Lipinski definition) is 0. The fourth-order valence-corrected chi connectivity index (χ4v) is 3.22. The molecule has 1 aromatic rings. The molecule has 0 spiro atoms. The van der Waals surface area contributed by atoms with Crippen LogP contribution in [0.2, 0.25) is 0 Å². The lowest BCUT2D eigenvalue weighted by atomic mass is 10.0. The van der Waals surface area contributed by atoms with Gasteiger partial charge in [0, 0.05) is 5.57 Å². The van der Waals surface area contributed by atoms with Gasteiger partial charge < -0.3 is 21.7 Å². The third-order valence-electron chi connectivity index (χ3n) is 4.67. The summed E-state index contributed by atoms with van der Waals surface area (Å²) in [6, 6.07) is 10.7. The van der Waals surface area contributed by atoms with Gasteiger partial charge in [0.15, 0.2) is 0 Å². The molecule has 0 N–H and O–H groups in total. The van der Waals surface area contributed by atoms with Crippen molar-refractivity contribution >= 4 is 12.8 Å². The van der Waals surface area contributed by atoms with Crippen LogP contribution < -0.4 is 0 Å². The first kappa shape index (κ1) is 25.7. The van der Waals surface area contributed by atoms with Gasteiger partial charge in [-0.3, -0.25) is 0 Å². The monoisotopic (exact) mass is 389 g/mol. The minimum atomic E-state index is -6.00. The molecule has 0 fully saturated rings. The van der Waals surface area contributed by atoms with Crippen LogP contribution in [0.3, 0.4) is 0 Å². The molecule has 1 rings (SSSR count). The predicted octanol–water partition coefficient (Wildman–Crippen LogP) is 7.22. The van der Waals surface area contributed by atoms with Crippen LogP contribution in [0.25, 0.3) is 5.57 Å². The Morgan fingerprint density at radius 3 is 1.52 bits per heavy atom. The van der Waals surface area contributed by atoms with Crippen molar-refractivity contribution in [3.63, 3.8) is 0 Å². The lowest BCUT2D eigenvalue weighted by Gasteiger charge is -2.40. The lowest BCUT2D eigenvalue weighted by molar-refractivity contribution is -0.922. The second-order valence-corrected chi connectivity index (χ2v) is 7.20. The lowest BCUT2D eigenvalue weighted by Crippen LogP contribution is -2.51.